The first-order chi connectivity index (χ1) is 9.74. The number of likely N-dealkylation sites (tertiary alicyclic amines) is 1. The summed E-state index contributed by atoms with van der Waals surface area (Å²) in [5, 5.41) is 6.76. The van der Waals surface area contributed by atoms with E-state index in [1.165, 1.54) is 37.9 Å². The second-order valence-electron chi connectivity index (χ2n) is 5.75. The Labute approximate surface area is 120 Å². The van der Waals surface area contributed by atoms with Crippen LogP contribution < -0.4 is 5.73 Å². The van der Waals surface area contributed by atoms with E-state index in [1.54, 1.807) is 6.20 Å². The van der Waals surface area contributed by atoms with Crippen LogP contribution in [-0.2, 0) is 0 Å². The van der Waals surface area contributed by atoms with Gasteiger partial charge >= 0.3 is 0 Å². The number of hydrogen-bond donors (Lipinski definition) is 2. The molecule has 0 aliphatic carbocycles. The Hall–Kier alpha value is -1.81. The second kappa shape index (κ2) is 5.67. The van der Waals surface area contributed by atoms with E-state index in [0.717, 1.165) is 11.1 Å². The minimum absolute atomic E-state index is 0.633. The van der Waals surface area contributed by atoms with Crippen LogP contribution in [0.25, 0.3) is 11.1 Å². The first-order valence-corrected chi connectivity index (χ1v) is 7.32. The van der Waals surface area contributed by atoms with Crippen molar-refractivity contribution in [3.63, 3.8) is 0 Å². The zero-order chi connectivity index (χ0) is 13.9. The zero-order valence-electron chi connectivity index (χ0n) is 12.0. The van der Waals surface area contributed by atoms with Gasteiger partial charge in [0.2, 0.25) is 0 Å². The fraction of sp³-hybridized carbons (Fsp3) is 0.438. The van der Waals surface area contributed by atoms with Crippen molar-refractivity contribution in [1.82, 2.24) is 15.1 Å². The van der Waals surface area contributed by atoms with E-state index < -0.39 is 0 Å². The summed E-state index contributed by atoms with van der Waals surface area (Å²) in [6.07, 6.45) is 5.61. The number of aromatic nitrogens is 2. The van der Waals surface area contributed by atoms with Gasteiger partial charge in [-0.3, -0.25) is 5.10 Å². The Bertz CT molecular complexity index is 558. The Morgan fingerprint density at radius 3 is 2.70 bits per heavy atom. The van der Waals surface area contributed by atoms with Crippen molar-refractivity contribution in [2.24, 2.45) is 0 Å². The number of H-pyrrole nitrogens is 1. The van der Waals surface area contributed by atoms with Gasteiger partial charge in [-0.25, -0.2) is 0 Å². The average molecular weight is 270 g/mol. The maximum atomic E-state index is 5.87. The van der Waals surface area contributed by atoms with Gasteiger partial charge in [0.1, 0.15) is 5.82 Å². The van der Waals surface area contributed by atoms with Crippen LogP contribution >= 0.6 is 0 Å². The second-order valence-corrected chi connectivity index (χ2v) is 5.75. The van der Waals surface area contributed by atoms with Gasteiger partial charge in [-0.15, -0.1) is 0 Å². The van der Waals surface area contributed by atoms with E-state index in [4.69, 9.17) is 5.73 Å². The molecule has 0 amide bonds. The summed E-state index contributed by atoms with van der Waals surface area (Å²) >= 11 is 0. The number of anilines is 1. The molecule has 1 aliphatic heterocycles. The summed E-state index contributed by atoms with van der Waals surface area (Å²) in [6.45, 7) is 2.42. The molecule has 2 heterocycles. The predicted molar refractivity (Wildman–Crippen MR) is 82.5 cm³/mol. The molecule has 0 spiro atoms. The lowest BCUT2D eigenvalue weighted by Gasteiger charge is -2.15. The van der Waals surface area contributed by atoms with Crippen molar-refractivity contribution in [1.29, 1.82) is 0 Å². The maximum Gasteiger partial charge on any atom is 0.126 e. The number of nitrogens with one attached hydrogen (secondary N) is 1. The van der Waals surface area contributed by atoms with Gasteiger partial charge in [-0.1, -0.05) is 24.3 Å². The molecule has 4 heteroatoms. The van der Waals surface area contributed by atoms with Crippen molar-refractivity contribution in [2.75, 3.05) is 25.9 Å². The number of aromatic amines is 1. The van der Waals surface area contributed by atoms with Gasteiger partial charge in [-0.05, 0) is 56.4 Å². The first-order valence-electron chi connectivity index (χ1n) is 7.32. The average Bonchev–Trinajstić information content (AvgIpc) is 2.77. The van der Waals surface area contributed by atoms with E-state index in [-0.39, 0.29) is 0 Å². The number of nitrogens with zero attached hydrogens (tertiary/aromatic N) is 2. The van der Waals surface area contributed by atoms with E-state index in [9.17, 15) is 0 Å². The molecule has 0 bridgehead atoms. The van der Waals surface area contributed by atoms with Gasteiger partial charge in [0.05, 0.1) is 6.20 Å². The molecule has 1 aromatic carbocycles. The number of nitrogens with two attached hydrogens (primary N) is 1. The van der Waals surface area contributed by atoms with Crippen molar-refractivity contribution in [3.8, 4) is 11.1 Å². The Morgan fingerprint density at radius 1 is 1.20 bits per heavy atom. The van der Waals surface area contributed by atoms with E-state index in [1.807, 2.05) is 0 Å². The third kappa shape index (κ3) is 2.70. The molecule has 1 unspecified atom stereocenters. The van der Waals surface area contributed by atoms with Gasteiger partial charge in [0.25, 0.3) is 0 Å². The standard InChI is InChI=1S/C16H22N4/c1-20-9-2-3-12(8-10-20)13-4-6-14(7-5-13)15-11-18-19-16(15)17/h4-7,11-12H,2-3,8-10H2,1H3,(H3,17,18,19). The monoisotopic (exact) mass is 270 g/mol. The Morgan fingerprint density at radius 2 is 2.00 bits per heavy atom. The summed E-state index contributed by atoms with van der Waals surface area (Å²) in [4.78, 5) is 2.43. The summed E-state index contributed by atoms with van der Waals surface area (Å²) in [5.41, 5.74) is 9.43. The third-order valence-corrected chi connectivity index (χ3v) is 4.31. The predicted octanol–water partition coefficient (Wildman–Crippen LogP) is 2.86. The lowest BCUT2D eigenvalue weighted by molar-refractivity contribution is 0.347. The molecule has 1 saturated heterocycles. The molecule has 4 nitrogen and oxygen atoms in total. The molecule has 1 aromatic heterocycles. The molecule has 3 N–H and O–H groups in total. The van der Waals surface area contributed by atoms with E-state index >= 15 is 0 Å². The van der Waals surface area contributed by atoms with E-state index in [2.05, 4.69) is 46.4 Å². The Balaban J connectivity index is 1.77. The molecule has 0 radical (unpaired) electrons. The molecule has 1 atom stereocenters. The summed E-state index contributed by atoms with van der Waals surface area (Å²) < 4.78 is 0. The van der Waals surface area contributed by atoms with Crippen LogP contribution in [0.15, 0.2) is 30.5 Å². The highest BCUT2D eigenvalue weighted by atomic mass is 15.1. The zero-order valence-corrected chi connectivity index (χ0v) is 12.0. The first kappa shape index (κ1) is 13.2. The van der Waals surface area contributed by atoms with Crippen LogP contribution in [0.4, 0.5) is 5.82 Å². The Kier molecular flexibility index (Phi) is 3.74. The topological polar surface area (TPSA) is 57.9 Å². The number of rotatable bonds is 2. The lowest BCUT2D eigenvalue weighted by atomic mass is 9.91. The van der Waals surface area contributed by atoms with Crippen LogP contribution in [0.2, 0.25) is 0 Å². The molecular weight excluding hydrogens is 248 g/mol. The van der Waals surface area contributed by atoms with Gasteiger partial charge in [0.15, 0.2) is 0 Å². The van der Waals surface area contributed by atoms with Crippen molar-refractivity contribution >= 4 is 5.82 Å². The van der Waals surface area contributed by atoms with Gasteiger partial charge in [0, 0.05) is 5.56 Å². The largest absolute Gasteiger partial charge is 0.384 e. The summed E-state index contributed by atoms with van der Waals surface area (Å²) in [7, 11) is 2.22. The van der Waals surface area contributed by atoms with Crippen LogP contribution in [0.3, 0.4) is 0 Å². The SMILES string of the molecule is CN1CCCC(c2ccc(-c3cn[nH]c3N)cc2)CC1. The molecule has 2 aromatic rings. The van der Waals surface area contributed by atoms with Crippen LogP contribution in [-0.4, -0.2) is 35.2 Å². The van der Waals surface area contributed by atoms with Crippen molar-refractivity contribution in [3.05, 3.63) is 36.0 Å². The van der Waals surface area contributed by atoms with Gasteiger partial charge in [-0.2, -0.15) is 5.10 Å². The highest BCUT2D eigenvalue weighted by Gasteiger charge is 2.16. The smallest absolute Gasteiger partial charge is 0.126 e. The molecule has 3 rings (SSSR count). The van der Waals surface area contributed by atoms with Gasteiger partial charge < -0.3 is 10.6 Å². The van der Waals surface area contributed by atoms with Crippen LogP contribution in [0.5, 0.6) is 0 Å². The fourth-order valence-corrected chi connectivity index (χ4v) is 3.03. The lowest BCUT2D eigenvalue weighted by Crippen LogP contribution is -2.18. The highest BCUT2D eigenvalue weighted by Crippen LogP contribution is 2.30. The maximum absolute atomic E-state index is 5.87. The fourth-order valence-electron chi connectivity index (χ4n) is 3.03. The minimum Gasteiger partial charge on any atom is -0.384 e. The molecule has 1 aliphatic rings. The van der Waals surface area contributed by atoms with Crippen LogP contribution in [0.1, 0.15) is 30.7 Å². The molecular formula is C16H22N4. The number of nitrogen functional groups attached to an aromatic ring is 1. The normalized spacial score (nSPS) is 20.8. The van der Waals surface area contributed by atoms with Crippen molar-refractivity contribution < 1.29 is 0 Å². The third-order valence-electron chi connectivity index (χ3n) is 4.31. The molecule has 0 saturated carbocycles. The number of benzene rings is 1. The molecule has 1 fully saturated rings. The molecule has 20 heavy (non-hydrogen) atoms. The van der Waals surface area contributed by atoms with Crippen molar-refractivity contribution in [2.45, 2.75) is 25.2 Å². The highest BCUT2D eigenvalue weighted by molar-refractivity contribution is 5.73. The summed E-state index contributed by atoms with van der Waals surface area (Å²) in [6, 6.07) is 8.81. The summed E-state index contributed by atoms with van der Waals surface area (Å²) in [5.74, 6) is 1.32. The molecule has 106 valence electrons. The minimum atomic E-state index is 0.633. The van der Waals surface area contributed by atoms with E-state index in [0.29, 0.717) is 11.7 Å². The quantitative estimate of drug-likeness (QED) is 0.882. The van der Waals surface area contributed by atoms with Crippen LogP contribution in [0, 0.1) is 0 Å². The number of hydrogen-bond acceptors (Lipinski definition) is 3.